The third-order valence-electron chi connectivity index (χ3n) is 6.50. The maximum absolute atomic E-state index is 13.3. The predicted octanol–water partition coefficient (Wildman–Crippen LogP) is 2.00. The Morgan fingerprint density at radius 2 is 1.72 bits per heavy atom. The highest BCUT2D eigenvalue weighted by Crippen LogP contribution is 2.24. The second-order valence-electron chi connectivity index (χ2n) is 8.63. The van der Waals surface area contributed by atoms with E-state index in [1.807, 2.05) is 12.1 Å². The van der Waals surface area contributed by atoms with Crippen molar-refractivity contribution in [2.45, 2.75) is 31.7 Å². The van der Waals surface area contributed by atoms with Crippen LogP contribution in [0.15, 0.2) is 18.3 Å². The Hall–Kier alpha value is -2.59. The van der Waals surface area contributed by atoms with Crippen LogP contribution in [0.2, 0.25) is 0 Å². The number of morpholine rings is 1. The number of carboxylic acid groups (broad SMARTS) is 1. The second-order valence-corrected chi connectivity index (χ2v) is 8.63. The number of carbonyl (C=O) groups is 2. The Balaban J connectivity index is 1.45. The fourth-order valence-electron chi connectivity index (χ4n) is 4.48. The molecule has 0 saturated carbocycles. The summed E-state index contributed by atoms with van der Waals surface area (Å²) in [7, 11) is 0. The van der Waals surface area contributed by atoms with Crippen molar-refractivity contribution in [3.05, 3.63) is 18.3 Å². The van der Waals surface area contributed by atoms with Crippen molar-refractivity contribution in [2.24, 2.45) is 5.92 Å². The third-order valence-corrected chi connectivity index (χ3v) is 6.50. The van der Waals surface area contributed by atoms with Gasteiger partial charge in [0.2, 0.25) is 0 Å². The highest BCUT2D eigenvalue weighted by atomic mass is 16.5. The van der Waals surface area contributed by atoms with Crippen LogP contribution in [0.5, 0.6) is 0 Å². The summed E-state index contributed by atoms with van der Waals surface area (Å²) in [6.07, 6.45) is 4.00. The first-order valence-electron chi connectivity index (χ1n) is 11.5. The van der Waals surface area contributed by atoms with Crippen LogP contribution < -0.4 is 15.1 Å². The molecule has 32 heavy (non-hydrogen) atoms. The van der Waals surface area contributed by atoms with Gasteiger partial charge in [-0.3, -0.25) is 4.90 Å². The minimum atomic E-state index is -0.875. The summed E-state index contributed by atoms with van der Waals surface area (Å²) in [4.78, 5) is 34.5. The van der Waals surface area contributed by atoms with E-state index in [0.717, 1.165) is 50.3 Å². The third kappa shape index (κ3) is 5.80. The summed E-state index contributed by atoms with van der Waals surface area (Å²) in [5.74, 6) is 1.13. The van der Waals surface area contributed by atoms with Gasteiger partial charge in [-0.1, -0.05) is 0 Å². The summed E-state index contributed by atoms with van der Waals surface area (Å²) in [6.45, 7) is 5.87. The van der Waals surface area contributed by atoms with Gasteiger partial charge in [0.15, 0.2) is 0 Å². The van der Waals surface area contributed by atoms with Crippen molar-refractivity contribution in [1.29, 1.82) is 0 Å². The SMILES string of the molecule is O=C(O)N1CCC(CN(C(=O)NC2CCOCC2)c2ccc(N3CCOCC3)nc2)CC1. The number of ether oxygens (including phenoxy) is 2. The van der Waals surface area contributed by atoms with E-state index in [4.69, 9.17) is 9.47 Å². The molecule has 1 aromatic heterocycles. The van der Waals surface area contributed by atoms with E-state index in [1.54, 1.807) is 11.1 Å². The average molecular weight is 448 g/mol. The Labute approximate surface area is 188 Å². The van der Waals surface area contributed by atoms with Crippen molar-refractivity contribution < 1.29 is 24.2 Å². The molecule has 3 amide bonds. The Morgan fingerprint density at radius 3 is 2.34 bits per heavy atom. The number of hydrogen-bond acceptors (Lipinski definition) is 6. The molecule has 0 unspecified atom stereocenters. The maximum Gasteiger partial charge on any atom is 0.407 e. The van der Waals surface area contributed by atoms with Crippen LogP contribution in [0.4, 0.5) is 21.1 Å². The Kier molecular flexibility index (Phi) is 7.64. The maximum atomic E-state index is 13.3. The molecule has 3 aliphatic rings. The minimum Gasteiger partial charge on any atom is -0.465 e. The van der Waals surface area contributed by atoms with E-state index in [2.05, 4.69) is 15.2 Å². The quantitative estimate of drug-likeness (QED) is 0.711. The van der Waals surface area contributed by atoms with Gasteiger partial charge in [0.05, 0.1) is 25.1 Å². The van der Waals surface area contributed by atoms with Crippen molar-refractivity contribution in [2.75, 3.05) is 69.0 Å². The van der Waals surface area contributed by atoms with Crippen LogP contribution in [0, 0.1) is 5.92 Å². The van der Waals surface area contributed by atoms with Gasteiger partial charge in [0.1, 0.15) is 5.82 Å². The van der Waals surface area contributed by atoms with Gasteiger partial charge in [-0.2, -0.15) is 0 Å². The van der Waals surface area contributed by atoms with Crippen LogP contribution in [-0.4, -0.2) is 92.3 Å². The number of carbonyl (C=O) groups excluding carboxylic acids is 1. The normalized spacial score (nSPS) is 20.8. The molecule has 10 heteroatoms. The molecule has 0 bridgehead atoms. The van der Waals surface area contributed by atoms with Crippen LogP contribution in [-0.2, 0) is 9.47 Å². The molecule has 3 aliphatic heterocycles. The summed E-state index contributed by atoms with van der Waals surface area (Å²) in [5.41, 5.74) is 0.757. The lowest BCUT2D eigenvalue weighted by Gasteiger charge is -2.35. The minimum absolute atomic E-state index is 0.105. The summed E-state index contributed by atoms with van der Waals surface area (Å²) >= 11 is 0. The fraction of sp³-hybridized carbons (Fsp3) is 0.682. The van der Waals surface area contributed by atoms with E-state index < -0.39 is 6.09 Å². The van der Waals surface area contributed by atoms with Gasteiger partial charge in [0, 0.05) is 52.0 Å². The number of urea groups is 1. The van der Waals surface area contributed by atoms with Crippen LogP contribution >= 0.6 is 0 Å². The number of amides is 3. The molecular formula is C22H33N5O5. The number of likely N-dealkylation sites (tertiary alicyclic amines) is 1. The topological polar surface area (TPSA) is 107 Å². The number of nitrogens with one attached hydrogen (secondary N) is 1. The van der Waals surface area contributed by atoms with Gasteiger partial charge in [-0.25, -0.2) is 14.6 Å². The molecule has 0 aromatic carbocycles. The number of piperidine rings is 1. The first-order chi connectivity index (χ1) is 15.6. The molecule has 1 aromatic rings. The second kappa shape index (κ2) is 10.8. The van der Waals surface area contributed by atoms with E-state index in [9.17, 15) is 14.7 Å². The number of anilines is 2. The standard InChI is InChI=1S/C22H33N5O5/c28-21(24-18-5-11-31-12-6-18)27(16-17-3-7-26(8-4-17)22(29)30)19-1-2-20(23-15-19)25-9-13-32-14-10-25/h1-2,15,17-18H,3-14,16H2,(H,24,28)(H,29,30). The lowest BCUT2D eigenvalue weighted by Crippen LogP contribution is -2.49. The predicted molar refractivity (Wildman–Crippen MR) is 119 cm³/mol. The summed E-state index contributed by atoms with van der Waals surface area (Å²) < 4.78 is 10.8. The largest absolute Gasteiger partial charge is 0.465 e. The van der Waals surface area contributed by atoms with Crippen LogP contribution in [0.3, 0.4) is 0 Å². The van der Waals surface area contributed by atoms with Gasteiger partial charge in [-0.05, 0) is 43.7 Å². The molecule has 0 spiro atoms. The first-order valence-corrected chi connectivity index (χ1v) is 11.5. The number of hydrogen-bond donors (Lipinski definition) is 2. The highest BCUT2D eigenvalue weighted by molar-refractivity contribution is 5.92. The Morgan fingerprint density at radius 1 is 1.03 bits per heavy atom. The molecule has 2 N–H and O–H groups in total. The molecule has 0 aliphatic carbocycles. The molecule has 10 nitrogen and oxygen atoms in total. The fourth-order valence-corrected chi connectivity index (χ4v) is 4.48. The molecular weight excluding hydrogens is 414 g/mol. The molecule has 176 valence electrons. The summed E-state index contributed by atoms with van der Waals surface area (Å²) in [6, 6.07) is 3.89. The number of pyridine rings is 1. The van der Waals surface area contributed by atoms with Crippen molar-refractivity contribution in [3.8, 4) is 0 Å². The average Bonchev–Trinajstić information content (AvgIpc) is 2.84. The van der Waals surface area contributed by atoms with E-state index in [0.29, 0.717) is 46.1 Å². The van der Waals surface area contributed by atoms with Crippen LogP contribution in [0.1, 0.15) is 25.7 Å². The van der Waals surface area contributed by atoms with Crippen molar-refractivity contribution >= 4 is 23.6 Å². The zero-order valence-corrected chi connectivity index (χ0v) is 18.4. The first kappa shape index (κ1) is 22.6. The number of aromatic nitrogens is 1. The molecule has 4 heterocycles. The lowest BCUT2D eigenvalue weighted by molar-refractivity contribution is 0.0802. The molecule has 0 atom stereocenters. The Bertz CT molecular complexity index is 756. The molecule has 0 radical (unpaired) electrons. The van der Waals surface area contributed by atoms with Crippen molar-refractivity contribution in [3.63, 3.8) is 0 Å². The smallest absolute Gasteiger partial charge is 0.407 e. The van der Waals surface area contributed by atoms with Gasteiger partial charge in [-0.15, -0.1) is 0 Å². The van der Waals surface area contributed by atoms with E-state index in [-0.39, 0.29) is 18.0 Å². The zero-order chi connectivity index (χ0) is 22.3. The number of rotatable bonds is 5. The molecule has 4 rings (SSSR count). The van der Waals surface area contributed by atoms with Gasteiger partial charge >= 0.3 is 12.1 Å². The van der Waals surface area contributed by atoms with Crippen molar-refractivity contribution in [1.82, 2.24) is 15.2 Å². The van der Waals surface area contributed by atoms with Gasteiger partial charge < -0.3 is 29.7 Å². The highest BCUT2D eigenvalue weighted by Gasteiger charge is 2.28. The zero-order valence-electron chi connectivity index (χ0n) is 18.4. The molecule has 3 fully saturated rings. The van der Waals surface area contributed by atoms with Crippen LogP contribution in [0.25, 0.3) is 0 Å². The summed E-state index contributed by atoms with van der Waals surface area (Å²) in [5, 5.41) is 12.4. The lowest BCUT2D eigenvalue weighted by atomic mass is 9.96. The molecule has 3 saturated heterocycles. The number of nitrogens with zero attached hydrogens (tertiary/aromatic N) is 4. The van der Waals surface area contributed by atoms with E-state index >= 15 is 0 Å². The van der Waals surface area contributed by atoms with Gasteiger partial charge in [0.25, 0.3) is 0 Å². The van der Waals surface area contributed by atoms with E-state index in [1.165, 1.54) is 4.90 Å². The monoisotopic (exact) mass is 447 g/mol.